The highest BCUT2D eigenvalue weighted by molar-refractivity contribution is 7.10. The Hall–Kier alpha value is -1.57. The van der Waals surface area contributed by atoms with Gasteiger partial charge in [0.25, 0.3) is 0 Å². The third-order valence-corrected chi connectivity index (χ3v) is 3.35. The van der Waals surface area contributed by atoms with Crippen LogP contribution >= 0.6 is 11.3 Å². The Morgan fingerprint density at radius 3 is 3.12 bits per heavy atom. The van der Waals surface area contributed by atoms with E-state index in [4.69, 9.17) is 5.11 Å². The first-order valence-electron chi connectivity index (χ1n) is 5.45. The van der Waals surface area contributed by atoms with Gasteiger partial charge in [0.15, 0.2) is 0 Å². The SMILES string of the molecule is Cc1nccn1Cc1sccc1C#CCCO. The van der Waals surface area contributed by atoms with Crippen LogP contribution in [0.25, 0.3) is 0 Å². The van der Waals surface area contributed by atoms with Gasteiger partial charge in [0, 0.05) is 29.3 Å². The molecule has 2 aromatic heterocycles. The molecule has 17 heavy (non-hydrogen) atoms. The predicted molar refractivity (Wildman–Crippen MR) is 69.0 cm³/mol. The van der Waals surface area contributed by atoms with Gasteiger partial charge in [0.1, 0.15) is 5.82 Å². The molecule has 0 saturated heterocycles. The summed E-state index contributed by atoms with van der Waals surface area (Å²) in [6.45, 7) is 2.92. The smallest absolute Gasteiger partial charge is 0.105 e. The van der Waals surface area contributed by atoms with Gasteiger partial charge in [0.2, 0.25) is 0 Å². The summed E-state index contributed by atoms with van der Waals surface area (Å²) in [6, 6.07) is 2.02. The van der Waals surface area contributed by atoms with Crippen LogP contribution in [0.3, 0.4) is 0 Å². The highest BCUT2D eigenvalue weighted by Gasteiger charge is 2.04. The zero-order chi connectivity index (χ0) is 12.1. The van der Waals surface area contributed by atoms with Crippen molar-refractivity contribution in [3.05, 3.63) is 40.1 Å². The second-order valence-electron chi connectivity index (χ2n) is 3.64. The van der Waals surface area contributed by atoms with E-state index in [1.807, 2.05) is 24.6 Å². The van der Waals surface area contributed by atoms with Crippen LogP contribution in [0.1, 0.15) is 22.7 Å². The van der Waals surface area contributed by atoms with E-state index < -0.39 is 0 Å². The van der Waals surface area contributed by atoms with Gasteiger partial charge in [-0.2, -0.15) is 0 Å². The van der Waals surface area contributed by atoms with Crippen LogP contribution in [0.5, 0.6) is 0 Å². The van der Waals surface area contributed by atoms with Gasteiger partial charge in [-0.25, -0.2) is 4.98 Å². The van der Waals surface area contributed by atoms with E-state index in [0.29, 0.717) is 6.42 Å². The molecule has 0 saturated carbocycles. The summed E-state index contributed by atoms with van der Waals surface area (Å²) < 4.78 is 2.10. The molecule has 4 heteroatoms. The highest BCUT2D eigenvalue weighted by Crippen LogP contribution is 2.17. The lowest BCUT2D eigenvalue weighted by atomic mass is 10.2. The number of aliphatic hydroxyl groups is 1. The molecule has 0 aliphatic heterocycles. The lowest BCUT2D eigenvalue weighted by Crippen LogP contribution is -2.00. The van der Waals surface area contributed by atoms with Crippen molar-refractivity contribution in [3.63, 3.8) is 0 Å². The number of nitrogens with zero attached hydrogens (tertiary/aromatic N) is 2. The number of aromatic nitrogens is 2. The summed E-state index contributed by atoms with van der Waals surface area (Å²) in [5.74, 6) is 7.05. The van der Waals surface area contributed by atoms with Crippen molar-refractivity contribution in [2.24, 2.45) is 0 Å². The normalized spacial score (nSPS) is 10.0. The number of imidazole rings is 1. The number of aliphatic hydroxyl groups excluding tert-OH is 1. The van der Waals surface area contributed by atoms with Crippen molar-refractivity contribution in [1.82, 2.24) is 9.55 Å². The van der Waals surface area contributed by atoms with Crippen LogP contribution in [0.15, 0.2) is 23.8 Å². The Kier molecular flexibility index (Phi) is 3.97. The first-order valence-corrected chi connectivity index (χ1v) is 6.33. The summed E-state index contributed by atoms with van der Waals surface area (Å²) in [4.78, 5) is 5.43. The standard InChI is InChI=1S/C13H14N2OS/c1-11-14-6-7-15(11)10-13-12(5-9-17-13)4-2-3-8-16/h5-7,9,16H,3,8,10H2,1H3. The number of hydrogen-bond donors (Lipinski definition) is 1. The summed E-state index contributed by atoms with van der Waals surface area (Å²) in [5, 5.41) is 10.7. The molecule has 0 radical (unpaired) electrons. The van der Waals surface area contributed by atoms with Crippen LogP contribution in [-0.4, -0.2) is 21.3 Å². The van der Waals surface area contributed by atoms with E-state index in [1.54, 1.807) is 17.5 Å². The summed E-state index contributed by atoms with van der Waals surface area (Å²) >= 11 is 1.70. The Morgan fingerprint density at radius 2 is 2.41 bits per heavy atom. The zero-order valence-corrected chi connectivity index (χ0v) is 10.5. The summed E-state index contributed by atoms with van der Waals surface area (Å²) in [6.07, 6.45) is 4.30. The van der Waals surface area contributed by atoms with E-state index in [2.05, 4.69) is 21.4 Å². The molecule has 0 atom stereocenters. The molecule has 0 amide bonds. The predicted octanol–water partition coefficient (Wildman–Crippen LogP) is 2.04. The third-order valence-electron chi connectivity index (χ3n) is 2.44. The lowest BCUT2D eigenvalue weighted by molar-refractivity contribution is 0.305. The number of aryl methyl sites for hydroxylation is 1. The topological polar surface area (TPSA) is 38.0 Å². The van der Waals surface area contributed by atoms with E-state index in [1.165, 1.54) is 4.88 Å². The van der Waals surface area contributed by atoms with Crippen molar-refractivity contribution in [3.8, 4) is 11.8 Å². The fraction of sp³-hybridized carbons (Fsp3) is 0.308. The van der Waals surface area contributed by atoms with E-state index >= 15 is 0 Å². The molecule has 0 bridgehead atoms. The van der Waals surface area contributed by atoms with Gasteiger partial charge in [-0.1, -0.05) is 11.8 Å². The van der Waals surface area contributed by atoms with Crippen LogP contribution in [-0.2, 0) is 6.54 Å². The third kappa shape index (κ3) is 2.96. The minimum Gasteiger partial charge on any atom is -0.395 e. The average Bonchev–Trinajstić information content (AvgIpc) is 2.91. The zero-order valence-electron chi connectivity index (χ0n) is 9.68. The highest BCUT2D eigenvalue weighted by atomic mass is 32.1. The van der Waals surface area contributed by atoms with E-state index in [0.717, 1.165) is 17.9 Å². The lowest BCUT2D eigenvalue weighted by Gasteiger charge is -2.03. The maximum atomic E-state index is 8.70. The van der Waals surface area contributed by atoms with Crippen LogP contribution in [0.4, 0.5) is 0 Å². The number of hydrogen-bond acceptors (Lipinski definition) is 3. The van der Waals surface area contributed by atoms with Gasteiger partial charge < -0.3 is 9.67 Å². The Balaban J connectivity index is 2.15. The Labute approximate surface area is 105 Å². The van der Waals surface area contributed by atoms with Gasteiger partial charge in [0.05, 0.1) is 13.2 Å². The van der Waals surface area contributed by atoms with Crippen LogP contribution in [0.2, 0.25) is 0 Å². The molecule has 3 nitrogen and oxygen atoms in total. The van der Waals surface area contributed by atoms with Gasteiger partial charge in [-0.15, -0.1) is 11.3 Å². The Bertz CT molecular complexity index is 545. The molecule has 0 unspecified atom stereocenters. The fourth-order valence-electron chi connectivity index (χ4n) is 1.51. The van der Waals surface area contributed by atoms with Crippen molar-refractivity contribution in [2.45, 2.75) is 19.9 Å². The fourth-order valence-corrected chi connectivity index (χ4v) is 2.34. The largest absolute Gasteiger partial charge is 0.395 e. The summed E-state index contributed by atoms with van der Waals surface area (Å²) in [7, 11) is 0. The minimum absolute atomic E-state index is 0.118. The molecular weight excluding hydrogens is 232 g/mol. The van der Waals surface area contributed by atoms with Crippen molar-refractivity contribution in [1.29, 1.82) is 0 Å². The summed E-state index contributed by atoms with van der Waals surface area (Å²) in [5.41, 5.74) is 1.05. The minimum atomic E-state index is 0.118. The van der Waals surface area contributed by atoms with Gasteiger partial charge in [-0.3, -0.25) is 0 Å². The second kappa shape index (κ2) is 5.67. The maximum Gasteiger partial charge on any atom is 0.105 e. The van der Waals surface area contributed by atoms with Crippen molar-refractivity contribution in [2.75, 3.05) is 6.61 Å². The molecular formula is C13H14N2OS. The molecule has 1 N–H and O–H groups in total. The van der Waals surface area contributed by atoms with Crippen molar-refractivity contribution >= 4 is 11.3 Å². The van der Waals surface area contributed by atoms with Crippen molar-refractivity contribution < 1.29 is 5.11 Å². The monoisotopic (exact) mass is 246 g/mol. The average molecular weight is 246 g/mol. The first-order chi connectivity index (χ1) is 8.31. The van der Waals surface area contributed by atoms with E-state index in [9.17, 15) is 0 Å². The quantitative estimate of drug-likeness (QED) is 0.842. The Morgan fingerprint density at radius 1 is 1.53 bits per heavy atom. The molecule has 0 aliphatic rings. The second-order valence-corrected chi connectivity index (χ2v) is 4.64. The van der Waals surface area contributed by atoms with Gasteiger partial charge in [-0.05, 0) is 18.4 Å². The van der Waals surface area contributed by atoms with Crippen LogP contribution in [0, 0.1) is 18.8 Å². The number of thiophene rings is 1. The van der Waals surface area contributed by atoms with Crippen LogP contribution < -0.4 is 0 Å². The molecule has 2 heterocycles. The molecule has 0 fully saturated rings. The number of rotatable bonds is 3. The van der Waals surface area contributed by atoms with E-state index in [-0.39, 0.29) is 6.61 Å². The molecule has 88 valence electrons. The van der Waals surface area contributed by atoms with Gasteiger partial charge >= 0.3 is 0 Å². The molecule has 2 rings (SSSR count). The molecule has 0 spiro atoms. The maximum absolute atomic E-state index is 8.70. The molecule has 2 aromatic rings. The molecule has 0 aliphatic carbocycles. The molecule has 0 aromatic carbocycles. The first kappa shape index (κ1) is 11.9.